The molecule has 0 aromatic carbocycles. The zero-order chi connectivity index (χ0) is 12.8. The molecule has 0 unspecified atom stereocenters. The van der Waals surface area contributed by atoms with Crippen LogP contribution in [0.2, 0.25) is 0 Å². The van der Waals surface area contributed by atoms with Gasteiger partial charge in [-0.3, -0.25) is 4.79 Å². The molecule has 18 heavy (non-hydrogen) atoms. The van der Waals surface area contributed by atoms with Crippen LogP contribution in [0.15, 0.2) is 30.7 Å². The molecule has 4 nitrogen and oxygen atoms in total. The molecule has 0 atom stereocenters. The van der Waals surface area contributed by atoms with Crippen molar-refractivity contribution in [2.24, 2.45) is 0 Å². The first-order chi connectivity index (χ1) is 8.85. The highest BCUT2D eigenvalue weighted by Gasteiger charge is 2.07. The highest BCUT2D eigenvalue weighted by atomic mass is 16.1. The molecule has 0 aliphatic carbocycles. The van der Waals surface area contributed by atoms with E-state index in [1.54, 1.807) is 23.3 Å². The molecule has 2 rings (SSSR count). The molecule has 4 heteroatoms. The Bertz CT molecular complexity index is 519. The average molecular weight is 243 g/mol. The lowest BCUT2D eigenvalue weighted by molar-refractivity contribution is 0.112. The monoisotopic (exact) mass is 243 g/mol. The Hall–Kier alpha value is -1.97. The first kappa shape index (κ1) is 12.5. The van der Waals surface area contributed by atoms with Crippen LogP contribution in [-0.2, 0) is 6.42 Å². The lowest BCUT2D eigenvalue weighted by Crippen LogP contribution is -2.03. The van der Waals surface area contributed by atoms with E-state index in [9.17, 15) is 4.79 Å². The van der Waals surface area contributed by atoms with Gasteiger partial charge < -0.3 is 0 Å². The molecule has 0 saturated carbocycles. The summed E-state index contributed by atoms with van der Waals surface area (Å²) in [7, 11) is 0. The third-order valence-corrected chi connectivity index (χ3v) is 2.87. The van der Waals surface area contributed by atoms with Gasteiger partial charge in [0.25, 0.3) is 0 Å². The predicted octanol–water partition coefficient (Wildman–Crippen LogP) is 2.81. The van der Waals surface area contributed by atoms with E-state index in [4.69, 9.17) is 0 Å². The molecule has 0 radical (unpaired) electrons. The summed E-state index contributed by atoms with van der Waals surface area (Å²) in [5, 5.41) is 4.17. The van der Waals surface area contributed by atoms with Crippen LogP contribution in [0.25, 0.3) is 5.82 Å². The maximum absolute atomic E-state index is 10.7. The van der Waals surface area contributed by atoms with Crippen LogP contribution in [0.3, 0.4) is 0 Å². The quantitative estimate of drug-likeness (QED) is 0.579. The summed E-state index contributed by atoms with van der Waals surface area (Å²) < 4.78 is 1.67. The summed E-state index contributed by atoms with van der Waals surface area (Å²) in [6, 6.07) is 4.01. The van der Waals surface area contributed by atoms with Crippen LogP contribution in [0.5, 0.6) is 0 Å². The number of unbranched alkanes of at least 4 members (excludes halogenated alkanes) is 2. The summed E-state index contributed by atoms with van der Waals surface area (Å²) in [6.45, 7) is 2.19. The number of nitrogens with zero attached hydrogens (tertiary/aromatic N) is 3. The van der Waals surface area contributed by atoms with Gasteiger partial charge in [0, 0.05) is 12.4 Å². The van der Waals surface area contributed by atoms with E-state index in [1.165, 1.54) is 18.4 Å². The Balaban J connectivity index is 2.23. The van der Waals surface area contributed by atoms with E-state index in [1.807, 2.05) is 6.07 Å². The van der Waals surface area contributed by atoms with Crippen LogP contribution in [0, 0.1) is 0 Å². The fourth-order valence-electron chi connectivity index (χ4n) is 1.91. The topological polar surface area (TPSA) is 47.8 Å². The Labute approximate surface area is 107 Å². The number of aromatic nitrogens is 3. The van der Waals surface area contributed by atoms with E-state index < -0.39 is 0 Å². The number of aldehydes is 1. The van der Waals surface area contributed by atoms with Crippen molar-refractivity contribution in [1.82, 2.24) is 14.8 Å². The number of carbonyl (C=O) groups is 1. The van der Waals surface area contributed by atoms with Crippen molar-refractivity contribution in [3.05, 3.63) is 41.9 Å². The molecule has 0 N–H and O–H groups in total. The number of carbonyl (C=O) groups excluding carboxylic acids is 1. The number of hydrogen-bond donors (Lipinski definition) is 0. The number of hydrogen-bond acceptors (Lipinski definition) is 3. The molecule has 0 saturated heterocycles. The normalized spacial score (nSPS) is 10.5. The fourth-order valence-corrected chi connectivity index (χ4v) is 1.91. The van der Waals surface area contributed by atoms with Crippen molar-refractivity contribution in [1.29, 1.82) is 0 Å². The van der Waals surface area contributed by atoms with Crippen LogP contribution in [0.4, 0.5) is 0 Å². The highest BCUT2D eigenvalue weighted by molar-refractivity contribution is 5.73. The highest BCUT2D eigenvalue weighted by Crippen LogP contribution is 2.14. The summed E-state index contributed by atoms with van der Waals surface area (Å²) >= 11 is 0. The molecule has 0 aliphatic heterocycles. The summed E-state index contributed by atoms with van der Waals surface area (Å²) in [4.78, 5) is 15.0. The first-order valence-corrected chi connectivity index (χ1v) is 6.29. The lowest BCUT2D eigenvalue weighted by Gasteiger charge is -2.07. The Kier molecular flexibility index (Phi) is 4.23. The van der Waals surface area contributed by atoms with Crippen molar-refractivity contribution in [3.8, 4) is 5.82 Å². The van der Waals surface area contributed by atoms with Crippen molar-refractivity contribution in [3.63, 3.8) is 0 Å². The van der Waals surface area contributed by atoms with Gasteiger partial charge in [-0.25, -0.2) is 9.67 Å². The van der Waals surface area contributed by atoms with Gasteiger partial charge >= 0.3 is 0 Å². The molecule has 2 aromatic heterocycles. The molecule has 0 aliphatic rings. The first-order valence-electron chi connectivity index (χ1n) is 6.29. The van der Waals surface area contributed by atoms with Gasteiger partial charge in [0.1, 0.15) is 0 Å². The Morgan fingerprint density at radius 3 is 3.00 bits per heavy atom. The number of rotatable bonds is 6. The minimum Gasteiger partial charge on any atom is -0.298 e. The molecule has 94 valence electrons. The number of aryl methyl sites for hydroxylation is 1. The smallest absolute Gasteiger partial charge is 0.156 e. The molecule has 0 spiro atoms. The molecule has 0 bridgehead atoms. The van der Waals surface area contributed by atoms with E-state index in [-0.39, 0.29) is 0 Å². The van der Waals surface area contributed by atoms with Crippen LogP contribution < -0.4 is 0 Å². The van der Waals surface area contributed by atoms with E-state index in [0.29, 0.717) is 5.56 Å². The second-order valence-corrected chi connectivity index (χ2v) is 4.28. The molecule has 0 amide bonds. The average Bonchev–Trinajstić information content (AvgIpc) is 2.88. The zero-order valence-corrected chi connectivity index (χ0v) is 10.5. The van der Waals surface area contributed by atoms with Crippen molar-refractivity contribution >= 4 is 6.29 Å². The number of pyridine rings is 1. The summed E-state index contributed by atoms with van der Waals surface area (Å²) in [5.74, 6) is 0.821. The molecular weight excluding hydrogens is 226 g/mol. The summed E-state index contributed by atoms with van der Waals surface area (Å²) in [6.07, 6.45) is 10.4. The van der Waals surface area contributed by atoms with Crippen LogP contribution in [-0.4, -0.2) is 21.1 Å². The van der Waals surface area contributed by atoms with E-state index in [0.717, 1.165) is 24.9 Å². The second kappa shape index (κ2) is 6.10. The standard InChI is InChI=1S/C14H17N3O/c1-2-3-4-6-13-7-5-8-15-14(13)17-10-12(11-18)9-16-17/h5,7-11H,2-4,6H2,1H3. The van der Waals surface area contributed by atoms with Crippen molar-refractivity contribution in [2.45, 2.75) is 32.6 Å². The van der Waals surface area contributed by atoms with Crippen LogP contribution in [0.1, 0.15) is 42.1 Å². The largest absolute Gasteiger partial charge is 0.298 e. The molecule has 2 heterocycles. The second-order valence-electron chi connectivity index (χ2n) is 4.28. The molecule has 2 aromatic rings. The van der Waals surface area contributed by atoms with Crippen molar-refractivity contribution in [2.75, 3.05) is 0 Å². The van der Waals surface area contributed by atoms with Gasteiger partial charge in [-0.05, 0) is 24.5 Å². The predicted molar refractivity (Wildman–Crippen MR) is 70.0 cm³/mol. The van der Waals surface area contributed by atoms with Crippen LogP contribution >= 0.6 is 0 Å². The third-order valence-electron chi connectivity index (χ3n) is 2.87. The van der Waals surface area contributed by atoms with Gasteiger partial charge in [0.05, 0.1) is 11.8 Å². The van der Waals surface area contributed by atoms with Gasteiger partial charge in [0.2, 0.25) is 0 Å². The molecular formula is C14H17N3O. The van der Waals surface area contributed by atoms with E-state index in [2.05, 4.69) is 23.1 Å². The Morgan fingerprint density at radius 2 is 2.28 bits per heavy atom. The third kappa shape index (κ3) is 2.83. The minimum atomic E-state index is 0.570. The van der Waals surface area contributed by atoms with E-state index >= 15 is 0 Å². The minimum absolute atomic E-state index is 0.570. The zero-order valence-electron chi connectivity index (χ0n) is 10.5. The van der Waals surface area contributed by atoms with Gasteiger partial charge in [-0.1, -0.05) is 25.8 Å². The molecule has 0 fully saturated rings. The fraction of sp³-hybridized carbons (Fsp3) is 0.357. The van der Waals surface area contributed by atoms with Gasteiger partial charge in [0.15, 0.2) is 12.1 Å². The van der Waals surface area contributed by atoms with Gasteiger partial charge in [-0.2, -0.15) is 5.10 Å². The van der Waals surface area contributed by atoms with Crippen molar-refractivity contribution < 1.29 is 4.79 Å². The van der Waals surface area contributed by atoms with Gasteiger partial charge in [-0.15, -0.1) is 0 Å². The lowest BCUT2D eigenvalue weighted by atomic mass is 10.1. The Morgan fingerprint density at radius 1 is 1.39 bits per heavy atom. The summed E-state index contributed by atoms with van der Waals surface area (Å²) in [5.41, 5.74) is 1.74. The maximum atomic E-state index is 10.7. The maximum Gasteiger partial charge on any atom is 0.156 e. The SMILES string of the molecule is CCCCCc1cccnc1-n1cc(C=O)cn1.